The molecule has 0 radical (unpaired) electrons. The van der Waals surface area contributed by atoms with Crippen LogP contribution >= 0.6 is 23.6 Å². The van der Waals surface area contributed by atoms with E-state index >= 15 is 0 Å². The van der Waals surface area contributed by atoms with Gasteiger partial charge in [0, 0.05) is 24.7 Å². The third kappa shape index (κ3) is 5.35. The number of thiocarbonyl (C=S) groups is 1. The van der Waals surface area contributed by atoms with Gasteiger partial charge in [-0.25, -0.2) is 4.98 Å². The molecule has 0 bridgehead atoms. The van der Waals surface area contributed by atoms with Gasteiger partial charge in [0.25, 0.3) is 11.6 Å². The number of thiazole rings is 1. The molecule has 3 aromatic rings. The van der Waals surface area contributed by atoms with Crippen LogP contribution in [0.2, 0.25) is 0 Å². The molecule has 0 unspecified atom stereocenters. The lowest BCUT2D eigenvalue weighted by Gasteiger charge is -2.28. The minimum Gasteiger partial charge on any atom is -0.494 e. The number of aromatic nitrogens is 1. The molecule has 0 aliphatic carbocycles. The van der Waals surface area contributed by atoms with Gasteiger partial charge in [0.1, 0.15) is 11.4 Å². The highest BCUT2D eigenvalue weighted by atomic mass is 32.1. The molecule has 0 atom stereocenters. The topological polar surface area (TPSA) is 119 Å². The SMILES string of the molecule is CCOc1ccc2nc(NC(=S)NC(=O)c3ccc(N4CCOCC4)c([N+](=O)[O-])c3)sc2c1. The van der Waals surface area contributed by atoms with E-state index in [1.54, 1.807) is 12.1 Å². The van der Waals surface area contributed by atoms with Crippen LogP contribution < -0.4 is 20.3 Å². The van der Waals surface area contributed by atoms with Crippen molar-refractivity contribution >= 4 is 61.3 Å². The molecule has 4 rings (SSSR count). The molecule has 1 amide bonds. The van der Waals surface area contributed by atoms with Crippen LogP contribution in [0.25, 0.3) is 10.2 Å². The monoisotopic (exact) mass is 487 g/mol. The Kier molecular flexibility index (Phi) is 6.96. The zero-order chi connectivity index (χ0) is 23.4. The second-order valence-electron chi connectivity index (χ2n) is 7.05. The van der Waals surface area contributed by atoms with Crippen molar-refractivity contribution in [2.75, 3.05) is 43.1 Å². The van der Waals surface area contributed by atoms with Crippen molar-refractivity contribution in [3.63, 3.8) is 0 Å². The van der Waals surface area contributed by atoms with Gasteiger partial charge < -0.3 is 19.7 Å². The van der Waals surface area contributed by atoms with Gasteiger partial charge >= 0.3 is 0 Å². The highest BCUT2D eigenvalue weighted by Gasteiger charge is 2.23. The first kappa shape index (κ1) is 22.8. The Bertz CT molecular complexity index is 1210. The van der Waals surface area contributed by atoms with Gasteiger partial charge in [0.15, 0.2) is 10.2 Å². The Labute approximate surface area is 198 Å². The van der Waals surface area contributed by atoms with Gasteiger partial charge in [-0.1, -0.05) is 11.3 Å². The molecule has 12 heteroatoms. The van der Waals surface area contributed by atoms with Crippen molar-refractivity contribution in [2.24, 2.45) is 0 Å². The Morgan fingerprint density at radius 1 is 1.30 bits per heavy atom. The van der Waals surface area contributed by atoms with Crippen LogP contribution in [0, 0.1) is 10.1 Å². The molecule has 2 N–H and O–H groups in total. The lowest BCUT2D eigenvalue weighted by atomic mass is 10.1. The zero-order valence-corrected chi connectivity index (χ0v) is 19.3. The summed E-state index contributed by atoms with van der Waals surface area (Å²) < 4.78 is 11.7. The number of anilines is 2. The number of rotatable bonds is 6. The van der Waals surface area contributed by atoms with Crippen molar-refractivity contribution in [2.45, 2.75) is 6.92 Å². The number of ether oxygens (including phenoxy) is 2. The number of carbonyl (C=O) groups excluding carboxylic acids is 1. The number of nitrogens with zero attached hydrogens (tertiary/aromatic N) is 3. The highest BCUT2D eigenvalue weighted by Crippen LogP contribution is 2.31. The van der Waals surface area contributed by atoms with E-state index in [4.69, 9.17) is 21.7 Å². The second-order valence-corrected chi connectivity index (χ2v) is 8.49. The lowest BCUT2D eigenvalue weighted by molar-refractivity contribution is -0.384. The summed E-state index contributed by atoms with van der Waals surface area (Å²) in [5.41, 5.74) is 1.23. The average Bonchev–Trinajstić information content (AvgIpc) is 3.20. The fourth-order valence-electron chi connectivity index (χ4n) is 3.40. The number of benzene rings is 2. The third-order valence-electron chi connectivity index (χ3n) is 4.90. The number of nitrogens with one attached hydrogen (secondary N) is 2. The quantitative estimate of drug-likeness (QED) is 0.305. The molecular weight excluding hydrogens is 466 g/mol. The number of nitro benzene ring substituents is 1. The molecule has 1 fully saturated rings. The largest absolute Gasteiger partial charge is 0.494 e. The third-order valence-corrected chi connectivity index (χ3v) is 6.04. The summed E-state index contributed by atoms with van der Waals surface area (Å²) in [6, 6.07) is 9.96. The van der Waals surface area contributed by atoms with Crippen molar-refractivity contribution in [1.29, 1.82) is 0 Å². The van der Waals surface area contributed by atoms with Gasteiger partial charge in [-0.3, -0.25) is 20.2 Å². The molecule has 1 aliphatic rings. The lowest BCUT2D eigenvalue weighted by Crippen LogP contribution is -2.37. The van der Waals surface area contributed by atoms with E-state index in [0.29, 0.717) is 43.7 Å². The summed E-state index contributed by atoms with van der Waals surface area (Å²) in [6.07, 6.45) is 0. The maximum Gasteiger partial charge on any atom is 0.293 e. The summed E-state index contributed by atoms with van der Waals surface area (Å²) >= 11 is 6.61. The minimum atomic E-state index is -0.552. The molecule has 10 nitrogen and oxygen atoms in total. The van der Waals surface area contributed by atoms with E-state index in [9.17, 15) is 14.9 Å². The Balaban J connectivity index is 1.45. The van der Waals surface area contributed by atoms with E-state index in [2.05, 4.69) is 15.6 Å². The number of carbonyl (C=O) groups is 1. The molecule has 0 saturated carbocycles. The van der Waals surface area contributed by atoms with Gasteiger partial charge in [-0.2, -0.15) is 0 Å². The van der Waals surface area contributed by atoms with Crippen LogP contribution in [-0.2, 0) is 4.74 Å². The van der Waals surface area contributed by atoms with Gasteiger partial charge in [0.05, 0.1) is 35.0 Å². The fourth-order valence-corrected chi connectivity index (χ4v) is 4.55. The summed E-state index contributed by atoms with van der Waals surface area (Å²) in [4.78, 5) is 30.1. The first-order chi connectivity index (χ1) is 15.9. The zero-order valence-electron chi connectivity index (χ0n) is 17.7. The van der Waals surface area contributed by atoms with Crippen molar-refractivity contribution in [3.05, 3.63) is 52.1 Å². The van der Waals surface area contributed by atoms with Crippen LogP contribution in [-0.4, -0.2) is 53.8 Å². The predicted molar refractivity (Wildman–Crippen MR) is 131 cm³/mol. The molecule has 1 aromatic heterocycles. The molecule has 33 heavy (non-hydrogen) atoms. The molecule has 0 spiro atoms. The minimum absolute atomic E-state index is 0.0454. The summed E-state index contributed by atoms with van der Waals surface area (Å²) in [6.45, 7) is 4.58. The van der Waals surface area contributed by atoms with E-state index in [0.717, 1.165) is 16.0 Å². The normalized spacial score (nSPS) is 13.5. The van der Waals surface area contributed by atoms with E-state index in [1.165, 1.54) is 17.4 Å². The smallest absolute Gasteiger partial charge is 0.293 e. The molecular formula is C21H21N5O5S2. The Morgan fingerprint density at radius 3 is 2.82 bits per heavy atom. The average molecular weight is 488 g/mol. The first-order valence-corrected chi connectivity index (χ1v) is 11.4. The molecule has 172 valence electrons. The first-order valence-electron chi connectivity index (χ1n) is 10.2. The number of morpholine rings is 1. The van der Waals surface area contributed by atoms with Crippen LogP contribution in [0.1, 0.15) is 17.3 Å². The van der Waals surface area contributed by atoms with E-state index < -0.39 is 10.8 Å². The van der Waals surface area contributed by atoms with Crippen molar-refractivity contribution in [3.8, 4) is 5.75 Å². The number of nitro groups is 1. The van der Waals surface area contributed by atoms with Crippen LogP contribution in [0.5, 0.6) is 5.75 Å². The van der Waals surface area contributed by atoms with Crippen LogP contribution in [0.15, 0.2) is 36.4 Å². The number of hydrogen-bond donors (Lipinski definition) is 2. The van der Waals surface area contributed by atoms with Crippen LogP contribution in [0.4, 0.5) is 16.5 Å². The van der Waals surface area contributed by atoms with Crippen molar-refractivity contribution in [1.82, 2.24) is 10.3 Å². The Morgan fingerprint density at radius 2 is 2.09 bits per heavy atom. The van der Waals surface area contributed by atoms with Gasteiger partial charge in [-0.15, -0.1) is 0 Å². The molecule has 1 saturated heterocycles. The van der Waals surface area contributed by atoms with E-state index in [-0.39, 0.29) is 16.4 Å². The summed E-state index contributed by atoms with van der Waals surface area (Å²) in [5.74, 6) is 0.196. The van der Waals surface area contributed by atoms with E-state index in [1.807, 2.05) is 30.0 Å². The Hall–Kier alpha value is -3.35. The second kappa shape index (κ2) is 10.1. The number of fused-ring (bicyclic) bond motifs is 1. The van der Waals surface area contributed by atoms with Gasteiger partial charge in [-0.05, 0) is 49.5 Å². The van der Waals surface area contributed by atoms with Crippen molar-refractivity contribution < 1.29 is 19.2 Å². The molecule has 1 aliphatic heterocycles. The predicted octanol–water partition coefficient (Wildman–Crippen LogP) is 3.57. The maximum atomic E-state index is 12.7. The number of hydrogen-bond acceptors (Lipinski definition) is 9. The summed E-state index contributed by atoms with van der Waals surface area (Å²) in [7, 11) is 0. The van der Waals surface area contributed by atoms with Gasteiger partial charge in [0.2, 0.25) is 0 Å². The number of amides is 1. The fraction of sp³-hybridized carbons (Fsp3) is 0.286. The highest BCUT2D eigenvalue weighted by molar-refractivity contribution is 7.80. The standard InChI is InChI=1S/C21H21N5O5S2/c1-2-31-14-4-5-15-18(12-14)33-21(22-15)24-20(32)23-19(27)13-3-6-16(17(11-13)26(28)29)25-7-9-30-10-8-25/h3-6,11-12H,2,7-10H2,1H3,(H2,22,23,24,27,32). The maximum absolute atomic E-state index is 12.7. The molecule has 2 aromatic carbocycles. The summed E-state index contributed by atoms with van der Waals surface area (Å²) in [5, 5.41) is 17.6. The van der Waals surface area contributed by atoms with Crippen LogP contribution in [0.3, 0.4) is 0 Å². The molecule has 2 heterocycles.